The lowest BCUT2D eigenvalue weighted by Crippen LogP contribution is -2.48. The van der Waals surface area contributed by atoms with Gasteiger partial charge < -0.3 is 20.0 Å². The number of anilines is 2. The van der Waals surface area contributed by atoms with E-state index in [1.165, 1.54) is 0 Å². The lowest BCUT2D eigenvalue weighted by molar-refractivity contribution is -0.132. The monoisotopic (exact) mass is 330 g/mol. The summed E-state index contributed by atoms with van der Waals surface area (Å²) in [6, 6.07) is 8.23. The number of carbonyl (C=O) groups is 2. The van der Waals surface area contributed by atoms with Crippen LogP contribution in [0.25, 0.3) is 0 Å². The third kappa shape index (κ3) is 3.53. The summed E-state index contributed by atoms with van der Waals surface area (Å²) >= 11 is 0. The number of hydrogen-bond acceptors (Lipinski definition) is 4. The molecule has 1 saturated heterocycles. The van der Waals surface area contributed by atoms with E-state index in [1.807, 2.05) is 29.2 Å². The van der Waals surface area contributed by atoms with Crippen LogP contribution in [-0.2, 0) is 9.59 Å². The van der Waals surface area contributed by atoms with Gasteiger partial charge in [0.15, 0.2) is 0 Å². The van der Waals surface area contributed by atoms with Crippen molar-refractivity contribution in [1.29, 1.82) is 0 Å². The predicted octanol–water partition coefficient (Wildman–Crippen LogP) is 1.39. The maximum atomic E-state index is 12.7. The highest BCUT2D eigenvalue weighted by Crippen LogP contribution is 2.28. The SMILES string of the molecule is CN(C)C1CCN(C(=O)CN2C(=O)CCNc3ccccc32)CC1. The number of nitrogens with one attached hydrogen (secondary N) is 1. The van der Waals surface area contributed by atoms with Crippen LogP contribution < -0.4 is 10.2 Å². The highest BCUT2D eigenvalue weighted by molar-refractivity contribution is 6.02. The number of benzene rings is 1. The Morgan fingerprint density at radius 3 is 2.67 bits per heavy atom. The van der Waals surface area contributed by atoms with Crippen molar-refractivity contribution in [2.24, 2.45) is 0 Å². The van der Waals surface area contributed by atoms with E-state index in [1.54, 1.807) is 4.90 Å². The van der Waals surface area contributed by atoms with Crippen LogP contribution >= 0.6 is 0 Å². The maximum absolute atomic E-state index is 12.7. The Balaban J connectivity index is 1.68. The Hall–Kier alpha value is -2.08. The number of carbonyl (C=O) groups excluding carboxylic acids is 2. The molecule has 0 radical (unpaired) electrons. The van der Waals surface area contributed by atoms with Crippen LogP contribution in [0, 0.1) is 0 Å². The first-order valence-corrected chi connectivity index (χ1v) is 8.63. The number of hydrogen-bond donors (Lipinski definition) is 1. The van der Waals surface area contributed by atoms with E-state index in [0.29, 0.717) is 19.0 Å². The minimum absolute atomic E-state index is 0.00368. The fraction of sp³-hybridized carbons (Fsp3) is 0.556. The maximum Gasteiger partial charge on any atom is 0.242 e. The average molecular weight is 330 g/mol. The molecule has 1 fully saturated rings. The van der Waals surface area contributed by atoms with Crippen molar-refractivity contribution in [2.75, 3.05) is 50.5 Å². The molecular weight excluding hydrogens is 304 g/mol. The van der Waals surface area contributed by atoms with Gasteiger partial charge in [0.05, 0.1) is 11.4 Å². The van der Waals surface area contributed by atoms with E-state index in [9.17, 15) is 9.59 Å². The van der Waals surface area contributed by atoms with E-state index in [0.717, 1.165) is 37.3 Å². The van der Waals surface area contributed by atoms with Crippen LogP contribution in [0.5, 0.6) is 0 Å². The third-order valence-corrected chi connectivity index (χ3v) is 4.99. The molecule has 130 valence electrons. The van der Waals surface area contributed by atoms with E-state index in [4.69, 9.17) is 0 Å². The Morgan fingerprint density at radius 2 is 1.96 bits per heavy atom. The first-order valence-electron chi connectivity index (χ1n) is 8.63. The van der Waals surface area contributed by atoms with Crippen LogP contribution in [0.2, 0.25) is 0 Å². The minimum atomic E-state index is 0.00368. The quantitative estimate of drug-likeness (QED) is 0.910. The van der Waals surface area contributed by atoms with Crippen molar-refractivity contribution in [2.45, 2.75) is 25.3 Å². The number of para-hydroxylation sites is 2. The summed E-state index contributed by atoms with van der Waals surface area (Å²) in [5.74, 6) is 0.0428. The number of rotatable bonds is 3. The van der Waals surface area contributed by atoms with Gasteiger partial charge in [-0.25, -0.2) is 0 Å². The summed E-state index contributed by atoms with van der Waals surface area (Å²) in [6.45, 7) is 2.27. The van der Waals surface area contributed by atoms with Crippen molar-refractivity contribution in [1.82, 2.24) is 9.80 Å². The standard InChI is InChI=1S/C18H26N4O2/c1-20(2)14-8-11-21(12-9-14)18(24)13-22-16-6-4-3-5-15(16)19-10-7-17(22)23/h3-6,14,19H,7-13H2,1-2H3. The molecule has 0 saturated carbocycles. The average Bonchev–Trinajstić information content (AvgIpc) is 2.74. The smallest absolute Gasteiger partial charge is 0.242 e. The van der Waals surface area contributed by atoms with Gasteiger partial charge in [0.1, 0.15) is 6.54 Å². The zero-order chi connectivity index (χ0) is 17.1. The lowest BCUT2D eigenvalue weighted by atomic mass is 10.0. The molecule has 1 aromatic carbocycles. The summed E-state index contributed by atoms with van der Waals surface area (Å²) in [7, 11) is 4.17. The van der Waals surface area contributed by atoms with Crippen LogP contribution in [0.1, 0.15) is 19.3 Å². The number of amides is 2. The second-order valence-electron chi connectivity index (χ2n) is 6.75. The van der Waals surface area contributed by atoms with Gasteiger partial charge in [0.25, 0.3) is 0 Å². The van der Waals surface area contributed by atoms with E-state index >= 15 is 0 Å². The molecule has 0 atom stereocenters. The molecule has 0 spiro atoms. The summed E-state index contributed by atoms with van der Waals surface area (Å²) in [6.07, 6.45) is 2.39. The molecule has 2 aliphatic heterocycles. The Kier molecular flexibility index (Phi) is 5.04. The fourth-order valence-corrected chi connectivity index (χ4v) is 3.47. The lowest BCUT2D eigenvalue weighted by Gasteiger charge is -2.36. The van der Waals surface area contributed by atoms with Gasteiger partial charge >= 0.3 is 0 Å². The third-order valence-electron chi connectivity index (χ3n) is 4.99. The van der Waals surface area contributed by atoms with Gasteiger partial charge in [-0.1, -0.05) is 12.1 Å². The Labute approximate surface area is 143 Å². The summed E-state index contributed by atoms with van der Waals surface area (Å²) in [5.41, 5.74) is 1.72. The summed E-state index contributed by atoms with van der Waals surface area (Å²) in [4.78, 5) is 30.9. The largest absolute Gasteiger partial charge is 0.383 e. The van der Waals surface area contributed by atoms with Crippen LogP contribution in [0.4, 0.5) is 11.4 Å². The number of piperidine rings is 1. The highest BCUT2D eigenvalue weighted by Gasteiger charge is 2.28. The zero-order valence-electron chi connectivity index (χ0n) is 14.5. The van der Waals surface area contributed by atoms with Crippen LogP contribution in [0.15, 0.2) is 24.3 Å². The Bertz CT molecular complexity index is 609. The molecule has 0 aliphatic carbocycles. The minimum Gasteiger partial charge on any atom is -0.383 e. The van der Waals surface area contributed by atoms with E-state index in [-0.39, 0.29) is 18.4 Å². The molecule has 0 aromatic heterocycles. The molecule has 1 aromatic rings. The molecule has 2 aliphatic rings. The van der Waals surface area contributed by atoms with Gasteiger partial charge in [-0.15, -0.1) is 0 Å². The molecule has 1 N–H and O–H groups in total. The van der Waals surface area contributed by atoms with Gasteiger partial charge in [-0.3, -0.25) is 9.59 Å². The second kappa shape index (κ2) is 7.21. The van der Waals surface area contributed by atoms with Gasteiger partial charge in [-0.2, -0.15) is 0 Å². The zero-order valence-corrected chi connectivity index (χ0v) is 14.5. The highest BCUT2D eigenvalue weighted by atomic mass is 16.2. The van der Waals surface area contributed by atoms with E-state index < -0.39 is 0 Å². The number of nitrogens with zero attached hydrogens (tertiary/aromatic N) is 3. The first kappa shape index (κ1) is 16.8. The fourth-order valence-electron chi connectivity index (χ4n) is 3.47. The van der Waals surface area contributed by atoms with E-state index in [2.05, 4.69) is 24.3 Å². The van der Waals surface area contributed by atoms with Crippen molar-refractivity contribution in [3.05, 3.63) is 24.3 Å². The molecule has 6 nitrogen and oxygen atoms in total. The number of likely N-dealkylation sites (tertiary alicyclic amines) is 1. The van der Waals surface area contributed by atoms with Crippen molar-refractivity contribution < 1.29 is 9.59 Å². The first-order chi connectivity index (χ1) is 11.6. The molecule has 24 heavy (non-hydrogen) atoms. The van der Waals surface area contributed by atoms with Crippen molar-refractivity contribution in [3.63, 3.8) is 0 Å². The topological polar surface area (TPSA) is 55.9 Å². The summed E-state index contributed by atoms with van der Waals surface area (Å²) < 4.78 is 0. The van der Waals surface area contributed by atoms with Gasteiger partial charge in [0, 0.05) is 32.1 Å². The molecule has 0 bridgehead atoms. The molecule has 2 amide bonds. The van der Waals surface area contributed by atoms with Crippen molar-refractivity contribution in [3.8, 4) is 0 Å². The summed E-state index contributed by atoms with van der Waals surface area (Å²) in [5, 5.41) is 3.26. The molecule has 3 rings (SSSR count). The molecule has 6 heteroatoms. The second-order valence-corrected chi connectivity index (χ2v) is 6.75. The normalized spacial score (nSPS) is 19.0. The predicted molar refractivity (Wildman–Crippen MR) is 95.2 cm³/mol. The van der Waals surface area contributed by atoms with Crippen LogP contribution in [-0.4, -0.2) is 67.9 Å². The number of fused-ring (bicyclic) bond motifs is 1. The van der Waals surface area contributed by atoms with Gasteiger partial charge in [0.2, 0.25) is 11.8 Å². The van der Waals surface area contributed by atoms with Crippen molar-refractivity contribution >= 4 is 23.2 Å². The molecular formula is C18H26N4O2. The Morgan fingerprint density at radius 1 is 1.25 bits per heavy atom. The molecule has 2 heterocycles. The molecule has 0 unspecified atom stereocenters. The van der Waals surface area contributed by atoms with Gasteiger partial charge in [-0.05, 0) is 39.1 Å². The van der Waals surface area contributed by atoms with Crippen LogP contribution in [0.3, 0.4) is 0 Å².